The molecule has 4 aromatic heterocycles. The Bertz CT molecular complexity index is 1500. The van der Waals surface area contributed by atoms with Gasteiger partial charge in [-0.3, -0.25) is 9.36 Å². The third kappa shape index (κ3) is 6.75. The monoisotopic (exact) mass is 528 g/mol. The molecule has 0 fully saturated rings. The van der Waals surface area contributed by atoms with Gasteiger partial charge in [0.2, 0.25) is 11.9 Å². The van der Waals surface area contributed by atoms with E-state index in [4.69, 9.17) is 10.5 Å². The summed E-state index contributed by atoms with van der Waals surface area (Å²) in [4.78, 5) is 16.7. The lowest BCUT2D eigenvalue weighted by molar-refractivity contribution is 0.529. The van der Waals surface area contributed by atoms with E-state index in [9.17, 15) is 0 Å². The topological polar surface area (TPSA) is 183 Å². The van der Waals surface area contributed by atoms with Crippen molar-refractivity contribution in [1.82, 2.24) is 39.5 Å². The van der Waals surface area contributed by atoms with Crippen LogP contribution in [-0.4, -0.2) is 53.6 Å². The van der Waals surface area contributed by atoms with Crippen molar-refractivity contribution in [3.8, 4) is 12.1 Å². The molecule has 4 heterocycles. The van der Waals surface area contributed by atoms with E-state index in [1.165, 1.54) is 12.4 Å². The van der Waals surface area contributed by atoms with Crippen LogP contribution in [0.1, 0.15) is 49.3 Å². The van der Waals surface area contributed by atoms with Gasteiger partial charge in [-0.1, -0.05) is 0 Å². The summed E-state index contributed by atoms with van der Waals surface area (Å²) in [5.41, 5.74) is 4.42. The van der Waals surface area contributed by atoms with Crippen LogP contribution in [0.4, 0.5) is 34.9 Å². The summed E-state index contributed by atoms with van der Waals surface area (Å²) in [6.07, 6.45) is 6.63. The third-order valence-electron chi connectivity index (χ3n) is 5.63. The molecular weight excluding hydrogens is 496 g/mol. The van der Waals surface area contributed by atoms with Crippen molar-refractivity contribution in [3.63, 3.8) is 0 Å². The molecule has 0 bridgehead atoms. The average Bonchev–Trinajstić information content (AvgIpc) is 3.50. The summed E-state index contributed by atoms with van der Waals surface area (Å²) in [7, 11) is 3.43. The highest BCUT2D eigenvalue weighted by molar-refractivity contribution is 5.60. The van der Waals surface area contributed by atoms with Crippen LogP contribution >= 0.6 is 0 Å². The predicted molar refractivity (Wildman–Crippen MR) is 149 cm³/mol. The molecule has 0 atom stereocenters. The van der Waals surface area contributed by atoms with Crippen LogP contribution in [-0.2, 0) is 6.54 Å². The van der Waals surface area contributed by atoms with Gasteiger partial charge < -0.3 is 21.3 Å². The predicted octanol–water partition coefficient (Wildman–Crippen LogP) is 3.88. The van der Waals surface area contributed by atoms with Crippen LogP contribution in [0.2, 0.25) is 0 Å². The van der Waals surface area contributed by atoms with Gasteiger partial charge in [0.05, 0.1) is 41.4 Å². The van der Waals surface area contributed by atoms with Crippen LogP contribution in [0.15, 0.2) is 24.8 Å². The highest BCUT2D eigenvalue weighted by Gasteiger charge is 2.11. The molecule has 0 aliphatic rings. The Balaban J connectivity index is 0.000000216. The number of anilines is 6. The minimum atomic E-state index is 0.291. The Hall–Kier alpha value is -5.24. The van der Waals surface area contributed by atoms with E-state index in [0.29, 0.717) is 40.7 Å². The lowest BCUT2D eigenvalue weighted by Crippen LogP contribution is -2.04. The van der Waals surface area contributed by atoms with Crippen molar-refractivity contribution >= 4 is 34.9 Å². The van der Waals surface area contributed by atoms with Crippen molar-refractivity contribution in [2.24, 2.45) is 0 Å². The summed E-state index contributed by atoms with van der Waals surface area (Å²) >= 11 is 0. The molecule has 0 aliphatic heterocycles. The van der Waals surface area contributed by atoms with Gasteiger partial charge in [-0.2, -0.15) is 30.7 Å². The fourth-order valence-electron chi connectivity index (χ4n) is 3.43. The Morgan fingerprint density at radius 2 is 1.41 bits per heavy atom. The fraction of sp³-hybridized carbons (Fsp3) is 0.360. The lowest BCUT2D eigenvalue weighted by atomic mass is 10.3. The molecule has 4 rings (SSSR count). The second kappa shape index (κ2) is 12.8. The van der Waals surface area contributed by atoms with Crippen LogP contribution in [0.5, 0.6) is 0 Å². The van der Waals surface area contributed by atoms with Crippen molar-refractivity contribution < 1.29 is 0 Å². The number of nitriles is 2. The molecule has 0 saturated carbocycles. The van der Waals surface area contributed by atoms with E-state index in [0.717, 1.165) is 29.3 Å². The van der Waals surface area contributed by atoms with E-state index >= 15 is 0 Å². The maximum atomic E-state index is 8.93. The van der Waals surface area contributed by atoms with Gasteiger partial charge in [0, 0.05) is 32.9 Å². The highest BCUT2D eigenvalue weighted by atomic mass is 15.3. The van der Waals surface area contributed by atoms with E-state index in [2.05, 4.69) is 65.2 Å². The van der Waals surface area contributed by atoms with Crippen LogP contribution in [0.3, 0.4) is 0 Å². The molecule has 0 unspecified atom stereocenters. The van der Waals surface area contributed by atoms with Crippen molar-refractivity contribution in [1.29, 1.82) is 10.5 Å². The minimum absolute atomic E-state index is 0.291. The van der Waals surface area contributed by atoms with E-state index in [-0.39, 0.29) is 0 Å². The van der Waals surface area contributed by atoms with Gasteiger partial charge in [0.25, 0.3) is 0 Å². The van der Waals surface area contributed by atoms with Gasteiger partial charge in [0.1, 0.15) is 34.9 Å². The second-order valence-electron chi connectivity index (χ2n) is 8.55. The van der Waals surface area contributed by atoms with Gasteiger partial charge >= 0.3 is 0 Å². The second-order valence-corrected chi connectivity index (χ2v) is 8.55. The van der Waals surface area contributed by atoms with Crippen LogP contribution < -0.4 is 21.3 Å². The fourth-order valence-corrected chi connectivity index (χ4v) is 3.43. The molecule has 202 valence electrons. The first-order chi connectivity index (χ1) is 18.7. The molecule has 0 radical (unpaired) electrons. The van der Waals surface area contributed by atoms with Gasteiger partial charge in [0.15, 0.2) is 0 Å². The van der Waals surface area contributed by atoms with E-state index in [1.54, 1.807) is 20.3 Å². The molecule has 0 spiro atoms. The molecule has 14 nitrogen and oxygen atoms in total. The number of hydrogen-bond acceptors (Lipinski definition) is 12. The minimum Gasteiger partial charge on any atom is -0.372 e. The molecule has 0 aromatic carbocycles. The normalized spacial score (nSPS) is 10.2. The molecule has 14 heteroatoms. The van der Waals surface area contributed by atoms with Crippen molar-refractivity contribution in [3.05, 3.63) is 47.3 Å². The molecule has 4 N–H and O–H groups in total. The van der Waals surface area contributed by atoms with Gasteiger partial charge in [-0.25, -0.2) is 9.97 Å². The molecule has 0 saturated heterocycles. The summed E-state index contributed by atoms with van der Waals surface area (Å²) in [6, 6.07) is 4.36. The molecular formula is C25H32N14. The first kappa shape index (κ1) is 28.3. The maximum absolute atomic E-state index is 8.93. The Labute approximate surface area is 227 Å². The summed E-state index contributed by atoms with van der Waals surface area (Å²) in [5, 5.41) is 38.5. The van der Waals surface area contributed by atoms with Gasteiger partial charge in [-0.15, -0.1) is 0 Å². The number of nitrogens with zero attached hydrogens (tertiary/aromatic N) is 10. The third-order valence-corrected chi connectivity index (χ3v) is 5.63. The van der Waals surface area contributed by atoms with Crippen LogP contribution in [0.25, 0.3) is 0 Å². The van der Waals surface area contributed by atoms with Crippen molar-refractivity contribution in [2.75, 3.05) is 35.4 Å². The SMILES string of the molecule is CCn1ncc(Nc2ncc(C#N)c(NC)n2)c1C.CNc1nc(Nc2cn(C(C)C)nc2C)ncc1C#N. The molecule has 0 amide bonds. The zero-order valence-corrected chi connectivity index (χ0v) is 23.1. The zero-order valence-electron chi connectivity index (χ0n) is 23.1. The number of hydrogen-bond donors (Lipinski definition) is 4. The first-order valence-corrected chi connectivity index (χ1v) is 12.3. The highest BCUT2D eigenvalue weighted by Crippen LogP contribution is 2.21. The zero-order chi connectivity index (χ0) is 28.5. The Morgan fingerprint density at radius 3 is 1.82 bits per heavy atom. The summed E-state index contributed by atoms with van der Waals surface area (Å²) in [6.45, 7) is 10.9. The molecule has 39 heavy (non-hydrogen) atoms. The number of rotatable bonds is 8. The quantitative estimate of drug-likeness (QED) is 0.259. The first-order valence-electron chi connectivity index (χ1n) is 12.3. The summed E-state index contributed by atoms with van der Waals surface area (Å²) < 4.78 is 3.76. The Morgan fingerprint density at radius 1 is 0.872 bits per heavy atom. The average molecular weight is 529 g/mol. The van der Waals surface area contributed by atoms with E-state index in [1.807, 2.05) is 48.5 Å². The maximum Gasteiger partial charge on any atom is 0.229 e. The largest absolute Gasteiger partial charge is 0.372 e. The summed E-state index contributed by atoms with van der Waals surface area (Å²) in [5.74, 6) is 1.86. The Kier molecular flexibility index (Phi) is 9.32. The number of nitrogens with one attached hydrogen (secondary N) is 4. The van der Waals surface area contributed by atoms with Crippen molar-refractivity contribution in [2.45, 2.75) is 47.2 Å². The smallest absolute Gasteiger partial charge is 0.229 e. The molecule has 4 aromatic rings. The van der Waals surface area contributed by atoms with E-state index < -0.39 is 0 Å². The standard InChI is InChI=1S/C13H17N7.C12H15N7/c1-8(2)20-7-11(9(3)19-20)17-13-16-6-10(5-14)12(15-4)18-13;1-4-19-8(2)10(7-16-19)17-12-15-6-9(5-13)11(14-3)18-12/h6-8H,1-4H3,(H2,15,16,17,18);6-7H,4H2,1-3H3,(H2,14,15,17,18). The molecule has 0 aliphatic carbocycles. The van der Waals surface area contributed by atoms with Crippen LogP contribution in [0, 0.1) is 36.5 Å². The number of aromatic nitrogens is 8. The number of aryl methyl sites for hydroxylation is 2. The van der Waals surface area contributed by atoms with Gasteiger partial charge in [-0.05, 0) is 34.6 Å². The lowest BCUT2D eigenvalue weighted by Gasteiger charge is -2.07.